The van der Waals surface area contributed by atoms with Crippen LogP contribution >= 0.6 is 41.9 Å². The highest BCUT2D eigenvalue weighted by molar-refractivity contribution is 14.1. The number of methoxy groups -OCH3 is 1. The summed E-state index contributed by atoms with van der Waals surface area (Å²) in [6, 6.07) is 0. The van der Waals surface area contributed by atoms with Crippen LogP contribution < -0.4 is 5.09 Å². The number of hydrogen-bond acceptors (Lipinski definition) is 6. The average molecular weight is 423 g/mol. The quantitative estimate of drug-likeness (QED) is 0.160. The summed E-state index contributed by atoms with van der Waals surface area (Å²) in [5.74, 6) is -0.119. The van der Waals surface area contributed by atoms with Crippen LogP contribution in [-0.2, 0) is 23.4 Å². The third kappa shape index (κ3) is 9.01. The van der Waals surface area contributed by atoms with Crippen LogP contribution in [0.4, 0.5) is 0 Å². The summed E-state index contributed by atoms with van der Waals surface area (Å²) >= 11 is 2.92. The summed E-state index contributed by atoms with van der Waals surface area (Å²) in [5, 5.41) is 2.64. The zero-order valence-corrected chi connectivity index (χ0v) is 15.2. The highest BCUT2D eigenvalue weighted by Crippen LogP contribution is 2.39. The van der Waals surface area contributed by atoms with E-state index < -0.39 is 17.5 Å². The minimum Gasteiger partial charge on any atom is -0.467 e. The molecular formula is C10H19INO5PS. The molecule has 0 radical (unpaired) electrons. The summed E-state index contributed by atoms with van der Waals surface area (Å²) < 4.78 is 20.9. The van der Waals surface area contributed by atoms with Crippen LogP contribution in [0.5, 0.6) is 0 Å². The van der Waals surface area contributed by atoms with Crippen molar-refractivity contribution in [1.29, 1.82) is 0 Å². The van der Waals surface area contributed by atoms with Crippen molar-refractivity contribution >= 4 is 53.0 Å². The highest BCUT2D eigenvalue weighted by atomic mass is 127. The first-order valence-corrected chi connectivity index (χ1v) is 9.88. The fraction of sp³-hybridized carbons (Fsp3) is 0.800. The molecular weight excluding hydrogens is 404 g/mol. The number of thioether (sulfide) groups is 1. The van der Waals surface area contributed by atoms with E-state index in [2.05, 4.69) is 9.82 Å². The Morgan fingerprint density at radius 2 is 2.00 bits per heavy atom. The molecule has 0 heterocycles. The summed E-state index contributed by atoms with van der Waals surface area (Å²) in [5.41, 5.74) is 0. The van der Waals surface area contributed by atoms with Crippen molar-refractivity contribution in [2.24, 2.45) is 5.92 Å². The normalized spacial score (nSPS) is 15.9. The molecule has 19 heavy (non-hydrogen) atoms. The van der Waals surface area contributed by atoms with E-state index in [-0.39, 0.29) is 17.6 Å². The first-order valence-electron chi connectivity index (χ1n) is 5.58. The van der Waals surface area contributed by atoms with Gasteiger partial charge in [-0.2, -0.15) is 0 Å². The van der Waals surface area contributed by atoms with Gasteiger partial charge in [-0.25, -0.2) is 9.88 Å². The molecule has 6 nitrogen and oxygen atoms in total. The second-order valence-electron chi connectivity index (χ2n) is 4.02. The lowest BCUT2D eigenvalue weighted by Gasteiger charge is -2.17. The molecule has 1 unspecified atom stereocenters. The van der Waals surface area contributed by atoms with Gasteiger partial charge < -0.3 is 9.26 Å². The molecule has 0 rings (SSSR count). The van der Waals surface area contributed by atoms with Crippen molar-refractivity contribution in [1.82, 2.24) is 5.09 Å². The van der Waals surface area contributed by atoms with E-state index in [0.29, 0.717) is 5.75 Å². The fourth-order valence-electron chi connectivity index (χ4n) is 0.920. The molecule has 0 saturated carbocycles. The van der Waals surface area contributed by atoms with Gasteiger partial charge in [0.15, 0.2) is 9.16 Å². The van der Waals surface area contributed by atoms with Gasteiger partial charge in [-0.15, -0.1) is 0 Å². The molecule has 0 aromatic carbocycles. The Bertz CT molecular complexity index is 366. The lowest BCUT2D eigenvalue weighted by atomic mass is 10.3. The standard InChI is InChI=1S/C10H19INO5PS/c1-7(2)10(14)19-6-5-17-18(4,15)12-8(11)9(13)16-3/h7-8H,5-6H2,1-4H3,(H,12,15)/t8-,18?/m1/s1. The number of rotatable bonds is 8. The summed E-state index contributed by atoms with van der Waals surface area (Å²) in [7, 11) is -1.83. The minimum atomic E-state index is -3.08. The van der Waals surface area contributed by atoms with E-state index >= 15 is 0 Å². The molecule has 9 heteroatoms. The predicted octanol–water partition coefficient (Wildman–Crippen LogP) is 2.27. The van der Waals surface area contributed by atoms with Crippen molar-refractivity contribution in [3.8, 4) is 0 Å². The molecule has 0 aromatic heterocycles. The van der Waals surface area contributed by atoms with E-state index in [9.17, 15) is 14.2 Å². The lowest BCUT2D eigenvalue weighted by Crippen LogP contribution is -2.30. The Hall–Kier alpha value is 0.370. The molecule has 0 saturated heterocycles. The fourth-order valence-corrected chi connectivity index (χ4v) is 4.55. The minimum absolute atomic E-state index is 0.0328. The SMILES string of the molecule is COC(=O)[C@H](I)NP(C)(=O)OCCSC(=O)C(C)C. The van der Waals surface area contributed by atoms with Gasteiger partial charge in [0.25, 0.3) is 7.52 Å². The molecule has 1 N–H and O–H groups in total. The Kier molecular flexibility index (Phi) is 9.51. The Morgan fingerprint density at radius 1 is 1.42 bits per heavy atom. The van der Waals surface area contributed by atoms with Crippen molar-refractivity contribution in [2.45, 2.75) is 17.9 Å². The van der Waals surface area contributed by atoms with Gasteiger partial charge >= 0.3 is 5.97 Å². The molecule has 0 bridgehead atoms. The summed E-state index contributed by atoms with van der Waals surface area (Å²) in [6.07, 6.45) is 0. The maximum absolute atomic E-state index is 12.0. The molecule has 0 spiro atoms. The largest absolute Gasteiger partial charge is 0.467 e. The molecule has 112 valence electrons. The number of nitrogens with one attached hydrogen (secondary N) is 1. The molecule has 0 aromatic rings. The maximum atomic E-state index is 12.0. The number of ether oxygens (including phenoxy) is 1. The predicted molar refractivity (Wildman–Crippen MR) is 84.7 cm³/mol. The van der Waals surface area contributed by atoms with E-state index in [4.69, 9.17) is 4.52 Å². The average Bonchev–Trinajstić information content (AvgIpc) is 2.32. The highest BCUT2D eigenvalue weighted by Gasteiger charge is 2.25. The van der Waals surface area contributed by atoms with Gasteiger partial charge in [-0.05, 0) is 0 Å². The van der Waals surface area contributed by atoms with Crippen LogP contribution in [0.1, 0.15) is 13.8 Å². The smallest absolute Gasteiger partial charge is 0.333 e. The zero-order valence-electron chi connectivity index (χ0n) is 11.3. The summed E-state index contributed by atoms with van der Waals surface area (Å²) in [4.78, 5) is 22.5. The van der Waals surface area contributed by atoms with Crippen LogP contribution in [0.2, 0.25) is 0 Å². The third-order valence-corrected chi connectivity index (χ3v) is 5.73. The number of alkyl halides is 1. The Balaban J connectivity index is 4.01. The second kappa shape index (κ2) is 9.33. The van der Waals surface area contributed by atoms with Gasteiger partial charge in [-0.1, -0.05) is 48.2 Å². The van der Waals surface area contributed by atoms with Gasteiger partial charge in [-0.3, -0.25) is 9.36 Å². The number of carbonyl (C=O) groups is 2. The topological polar surface area (TPSA) is 81.7 Å². The van der Waals surface area contributed by atoms with Crippen molar-refractivity contribution in [3.05, 3.63) is 0 Å². The number of halogens is 1. The van der Waals surface area contributed by atoms with Crippen molar-refractivity contribution in [3.63, 3.8) is 0 Å². The lowest BCUT2D eigenvalue weighted by molar-refractivity contribution is -0.139. The van der Waals surface area contributed by atoms with Gasteiger partial charge in [0.05, 0.1) is 13.7 Å². The van der Waals surface area contributed by atoms with E-state index in [1.807, 2.05) is 13.8 Å². The van der Waals surface area contributed by atoms with Crippen LogP contribution in [0.15, 0.2) is 0 Å². The van der Waals surface area contributed by atoms with E-state index in [0.717, 1.165) is 11.8 Å². The van der Waals surface area contributed by atoms with E-state index in [1.165, 1.54) is 13.8 Å². The monoisotopic (exact) mass is 423 g/mol. The maximum Gasteiger partial charge on any atom is 0.333 e. The zero-order chi connectivity index (χ0) is 15.1. The molecule has 0 aliphatic rings. The Morgan fingerprint density at radius 3 is 2.47 bits per heavy atom. The van der Waals surface area contributed by atoms with Crippen molar-refractivity contribution < 1.29 is 23.4 Å². The first kappa shape index (κ1) is 19.4. The van der Waals surface area contributed by atoms with Gasteiger partial charge in [0.1, 0.15) is 0 Å². The van der Waals surface area contributed by atoms with Crippen LogP contribution in [0.25, 0.3) is 0 Å². The number of esters is 1. The summed E-state index contributed by atoms with van der Waals surface area (Å²) in [6.45, 7) is 5.20. The number of carbonyl (C=O) groups excluding carboxylic acids is 2. The van der Waals surface area contributed by atoms with E-state index in [1.54, 1.807) is 22.6 Å². The Labute approximate surface area is 131 Å². The molecule has 0 aliphatic heterocycles. The molecule has 0 fully saturated rings. The van der Waals surface area contributed by atoms with Gasteiger partial charge in [0.2, 0.25) is 0 Å². The molecule has 0 aliphatic carbocycles. The third-order valence-electron chi connectivity index (χ3n) is 1.89. The van der Waals surface area contributed by atoms with Crippen LogP contribution in [-0.4, -0.2) is 41.3 Å². The number of hydrogen-bond donors (Lipinski definition) is 1. The van der Waals surface area contributed by atoms with Crippen LogP contribution in [0.3, 0.4) is 0 Å². The van der Waals surface area contributed by atoms with Crippen LogP contribution in [0, 0.1) is 5.92 Å². The van der Waals surface area contributed by atoms with Gasteiger partial charge in [0, 0.05) is 18.3 Å². The molecule has 2 atom stereocenters. The van der Waals surface area contributed by atoms with Crippen molar-refractivity contribution in [2.75, 3.05) is 26.1 Å². The molecule has 0 amide bonds. The second-order valence-corrected chi connectivity index (χ2v) is 8.57. The first-order chi connectivity index (χ1) is 8.69.